The average Bonchev–Trinajstić information content (AvgIpc) is 2.32. The van der Waals surface area contributed by atoms with Gasteiger partial charge in [-0.15, -0.1) is 0 Å². The molecule has 2 heterocycles. The third-order valence-electron chi connectivity index (χ3n) is 3.55. The van der Waals surface area contributed by atoms with Crippen molar-refractivity contribution in [3.8, 4) is 0 Å². The lowest BCUT2D eigenvalue weighted by atomic mass is 9.79. The highest BCUT2D eigenvalue weighted by molar-refractivity contribution is 4.87. The molecule has 3 atom stereocenters. The van der Waals surface area contributed by atoms with Gasteiger partial charge in [-0.1, -0.05) is 13.8 Å². The zero-order valence-electron chi connectivity index (χ0n) is 7.71. The second-order valence-corrected chi connectivity index (χ2v) is 4.55. The van der Waals surface area contributed by atoms with Crippen LogP contribution in [0.15, 0.2) is 0 Å². The Morgan fingerprint density at radius 2 is 1.91 bits per heavy atom. The molecule has 0 saturated carbocycles. The fraction of sp³-hybridized carbons (Fsp3) is 1.00. The van der Waals surface area contributed by atoms with Gasteiger partial charge >= 0.3 is 0 Å². The number of piperidine rings is 1. The van der Waals surface area contributed by atoms with E-state index in [-0.39, 0.29) is 0 Å². The van der Waals surface area contributed by atoms with Gasteiger partial charge in [0.05, 0.1) is 0 Å². The Hall–Kier alpha value is -0.0400. The zero-order valence-corrected chi connectivity index (χ0v) is 7.71. The summed E-state index contributed by atoms with van der Waals surface area (Å²) < 4.78 is 0. The van der Waals surface area contributed by atoms with Crippen LogP contribution in [0.1, 0.15) is 26.7 Å². The molecular formula is C10H19N. The highest BCUT2D eigenvalue weighted by Gasteiger charge is 2.35. The predicted molar refractivity (Wildman–Crippen MR) is 47.5 cm³/mol. The van der Waals surface area contributed by atoms with Gasteiger partial charge in [0.1, 0.15) is 0 Å². The van der Waals surface area contributed by atoms with E-state index < -0.39 is 0 Å². The summed E-state index contributed by atoms with van der Waals surface area (Å²) in [7, 11) is 0. The maximum atomic E-state index is 2.63. The summed E-state index contributed by atoms with van der Waals surface area (Å²) in [6.07, 6.45) is 2.94. The molecule has 2 fully saturated rings. The minimum absolute atomic E-state index is 0.917. The van der Waals surface area contributed by atoms with Crippen LogP contribution in [-0.4, -0.2) is 24.5 Å². The van der Waals surface area contributed by atoms with Crippen molar-refractivity contribution in [1.82, 2.24) is 4.90 Å². The SMILES string of the molecule is CC(C)C1CCN2CCC1C2. The molecule has 0 amide bonds. The number of rotatable bonds is 1. The topological polar surface area (TPSA) is 3.24 Å². The van der Waals surface area contributed by atoms with Gasteiger partial charge in [-0.05, 0) is 43.7 Å². The quantitative estimate of drug-likeness (QED) is 0.557. The maximum Gasteiger partial charge on any atom is 0.00129 e. The third kappa shape index (κ3) is 1.31. The molecule has 0 aromatic heterocycles. The van der Waals surface area contributed by atoms with E-state index in [9.17, 15) is 0 Å². The highest BCUT2D eigenvalue weighted by atomic mass is 15.2. The molecule has 11 heavy (non-hydrogen) atoms. The van der Waals surface area contributed by atoms with Gasteiger partial charge in [-0.3, -0.25) is 0 Å². The summed E-state index contributed by atoms with van der Waals surface area (Å²) in [5.41, 5.74) is 0. The molecule has 0 spiro atoms. The third-order valence-corrected chi connectivity index (χ3v) is 3.55. The summed E-state index contributed by atoms with van der Waals surface area (Å²) in [6, 6.07) is 0. The lowest BCUT2D eigenvalue weighted by molar-refractivity contribution is 0.163. The smallest absolute Gasteiger partial charge is 0.00129 e. The van der Waals surface area contributed by atoms with E-state index in [0.717, 1.165) is 17.8 Å². The largest absolute Gasteiger partial charge is 0.303 e. The molecule has 0 aromatic rings. The molecule has 1 heteroatoms. The van der Waals surface area contributed by atoms with Crippen molar-refractivity contribution in [2.75, 3.05) is 19.6 Å². The highest BCUT2D eigenvalue weighted by Crippen LogP contribution is 2.36. The van der Waals surface area contributed by atoms with Gasteiger partial charge in [-0.2, -0.15) is 0 Å². The van der Waals surface area contributed by atoms with Gasteiger partial charge in [0.25, 0.3) is 0 Å². The molecule has 64 valence electrons. The van der Waals surface area contributed by atoms with Crippen LogP contribution in [-0.2, 0) is 0 Å². The van der Waals surface area contributed by atoms with Crippen LogP contribution in [0.25, 0.3) is 0 Å². The van der Waals surface area contributed by atoms with Crippen molar-refractivity contribution >= 4 is 0 Å². The van der Waals surface area contributed by atoms with Gasteiger partial charge < -0.3 is 4.90 Å². The molecule has 2 rings (SSSR count). The monoisotopic (exact) mass is 153 g/mol. The Morgan fingerprint density at radius 3 is 2.64 bits per heavy atom. The molecule has 0 aromatic carbocycles. The maximum absolute atomic E-state index is 2.63. The molecule has 2 aliphatic heterocycles. The van der Waals surface area contributed by atoms with Crippen LogP contribution in [0, 0.1) is 17.8 Å². The van der Waals surface area contributed by atoms with Gasteiger partial charge in [0.2, 0.25) is 0 Å². The first-order valence-corrected chi connectivity index (χ1v) is 4.99. The minimum atomic E-state index is 0.917. The van der Waals surface area contributed by atoms with Crippen molar-refractivity contribution in [2.24, 2.45) is 17.8 Å². The standard InChI is InChI=1S/C10H19N/c1-8(2)10-4-6-11-5-3-9(10)7-11/h8-10H,3-7H2,1-2H3. The molecule has 0 N–H and O–H groups in total. The fourth-order valence-corrected chi connectivity index (χ4v) is 2.86. The van der Waals surface area contributed by atoms with Crippen molar-refractivity contribution in [1.29, 1.82) is 0 Å². The van der Waals surface area contributed by atoms with Crippen molar-refractivity contribution in [3.63, 3.8) is 0 Å². The number of hydrogen-bond donors (Lipinski definition) is 0. The zero-order chi connectivity index (χ0) is 7.84. The van der Waals surface area contributed by atoms with Crippen LogP contribution < -0.4 is 0 Å². The van der Waals surface area contributed by atoms with E-state index >= 15 is 0 Å². The van der Waals surface area contributed by atoms with E-state index in [2.05, 4.69) is 18.7 Å². The normalized spacial score (nSPS) is 43.4. The van der Waals surface area contributed by atoms with E-state index in [0.29, 0.717) is 0 Å². The van der Waals surface area contributed by atoms with Crippen LogP contribution in [0.3, 0.4) is 0 Å². The Bertz CT molecular complexity index is 142. The summed E-state index contributed by atoms with van der Waals surface area (Å²) >= 11 is 0. The first kappa shape index (κ1) is 7.60. The van der Waals surface area contributed by atoms with E-state index in [1.807, 2.05) is 0 Å². The summed E-state index contributed by atoms with van der Waals surface area (Å²) in [5, 5.41) is 0. The van der Waals surface area contributed by atoms with Crippen LogP contribution in [0.2, 0.25) is 0 Å². The molecule has 1 nitrogen and oxygen atoms in total. The second kappa shape index (κ2) is 2.78. The summed E-state index contributed by atoms with van der Waals surface area (Å²) in [5.74, 6) is 3.00. The molecule has 3 unspecified atom stereocenters. The Labute approximate surface area is 69.8 Å². The summed E-state index contributed by atoms with van der Waals surface area (Å²) in [6.45, 7) is 8.94. The molecule has 0 radical (unpaired) electrons. The van der Waals surface area contributed by atoms with Crippen molar-refractivity contribution in [3.05, 3.63) is 0 Å². The van der Waals surface area contributed by atoms with Crippen LogP contribution >= 0.6 is 0 Å². The second-order valence-electron chi connectivity index (χ2n) is 4.55. The van der Waals surface area contributed by atoms with E-state index in [4.69, 9.17) is 0 Å². The molecule has 2 saturated heterocycles. The minimum Gasteiger partial charge on any atom is -0.303 e. The molecule has 2 bridgehead atoms. The van der Waals surface area contributed by atoms with Gasteiger partial charge in [-0.25, -0.2) is 0 Å². The lowest BCUT2D eigenvalue weighted by Crippen LogP contribution is -2.34. The number of hydrogen-bond acceptors (Lipinski definition) is 1. The first-order valence-electron chi connectivity index (χ1n) is 4.99. The predicted octanol–water partition coefficient (Wildman–Crippen LogP) is 1.98. The van der Waals surface area contributed by atoms with E-state index in [1.54, 1.807) is 0 Å². The fourth-order valence-electron chi connectivity index (χ4n) is 2.86. The van der Waals surface area contributed by atoms with E-state index in [1.165, 1.54) is 32.5 Å². The van der Waals surface area contributed by atoms with Gasteiger partial charge in [0, 0.05) is 6.54 Å². The first-order chi connectivity index (χ1) is 5.27. The van der Waals surface area contributed by atoms with Crippen LogP contribution in [0.5, 0.6) is 0 Å². The Balaban J connectivity index is 2.01. The summed E-state index contributed by atoms with van der Waals surface area (Å²) in [4.78, 5) is 2.63. The molecule has 0 aliphatic carbocycles. The van der Waals surface area contributed by atoms with Crippen molar-refractivity contribution < 1.29 is 0 Å². The number of nitrogens with zero attached hydrogens (tertiary/aromatic N) is 1. The lowest BCUT2D eigenvalue weighted by Gasteiger charge is -2.32. The van der Waals surface area contributed by atoms with Crippen molar-refractivity contribution in [2.45, 2.75) is 26.7 Å². The average molecular weight is 153 g/mol. The molecule has 2 aliphatic rings. The number of fused-ring (bicyclic) bond motifs is 2. The Morgan fingerprint density at radius 1 is 1.18 bits per heavy atom. The van der Waals surface area contributed by atoms with Gasteiger partial charge in [0.15, 0.2) is 0 Å². The molecular weight excluding hydrogens is 134 g/mol. The van der Waals surface area contributed by atoms with Crippen LogP contribution in [0.4, 0.5) is 0 Å². The Kier molecular flexibility index (Phi) is 1.92.